The van der Waals surface area contributed by atoms with Crippen LogP contribution in [0.25, 0.3) is 5.69 Å². The van der Waals surface area contributed by atoms with Crippen LogP contribution >= 0.6 is 11.6 Å². The van der Waals surface area contributed by atoms with Crippen molar-refractivity contribution in [2.75, 3.05) is 0 Å². The number of aromatic nitrogens is 2. The Labute approximate surface area is 110 Å². The number of nitrogens with one attached hydrogen (secondary N) is 1. The molecule has 1 heterocycles. The highest BCUT2D eigenvalue weighted by molar-refractivity contribution is 6.30. The number of halogens is 1. The van der Waals surface area contributed by atoms with Gasteiger partial charge < -0.3 is 5.32 Å². The van der Waals surface area contributed by atoms with E-state index in [1.165, 1.54) is 6.08 Å². The molecule has 0 fully saturated rings. The number of hydrogen-bond donors (Lipinski definition) is 1. The van der Waals surface area contributed by atoms with E-state index in [1.54, 1.807) is 16.9 Å². The smallest absolute Gasteiger partial charge is 0.243 e. The molecule has 0 aliphatic rings. The summed E-state index contributed by atoms with van der Waals surface area (Å²) < 4.78 is 1.71. The molecule has 0 radical (unpaired) electrons. The molecule has 18 heavy (non-hydrogen) atoms. The fourth-order valence-electron chi connectivity index (χ4n) is 1.47. The van der Waals surface area contributed by atoms with E-state index < -0.39 is 0 Å². The number of hydrogen-bond acceptors (Lipinski definition) is 2. The third-order valence-electron chi connectivity index (χ3n) is 2.36. The average Bonchev–Trinajstić information content (AvgIpc) is 2.84. The van der Waals surface area contributed by atoms with Crippen molar-refractivity contribution in [1.29, 1.82) is 0 Å². The standard InChI is InChI=1S/C13H12ClN3O/c1-2-13(18)15-7-10-8-16-17(9-10)12-5-3-4-11(14)6-12/h2-6,8-9H,1,7H2,(H,15,18). The van der Waals surface area contributed by atoms with Gasteiger partial charge in [0.15, 0.2) is 0 Å². The van der Waals surface area contributed by atoms with Gasteiger partial charge in [-0.1, -0.05) is 24.2 Å². The summed E-state index contributed by atoms with van der Waals surface area (Å²) in [5.74, 6) is -0.203. The minimum absolute atomic E-state index is 0.203. The fourth-order valence-corrected chi connectivity index (χ4v) is 1.66. The van der Waals surface area contributed by atoms with E-state index in [4.69, 9.17) is 11.6 Å². The predicted octanol–water partition coefficient (Wildman–Crippen LogP) is 2.33. The molecule has 92 valence electrons. The van der Waals surface area contributed by atoms with Crippen LogP contribution in [0.3, 0.4) is 0 Å². The van der Waals surface area contributed by atoms with Crippen molar-refractivity contribution in [3.8, 4) is 5.69 Å². The first kappa shape index (κ1) is 12.4. The molecule has 1 N–H and O–H groups in total. The van der Waals surface area contributed by atoms with E-state index >= 15 is 0 Å². The first-order valence-electron chi connectivity index (χ1n) is 5.39. The van der Waals surface area contributed by atoms with Crippen molar-refractivity contribution < 1.29 is 4.79 Å². The molecule has 2 rings (SSSR count). The van der Waals surface area contributed by atoms with Crippen LogP contribution in [-0.2, 0) is 11.3 Å². The number of carbonyl (C=O) groups is 1. The van der Waals surface area contributed by atoms with E-state index in [0.29, 0.717) is 11.6 Å². The van der Waals surface area contributed by atoms with Crippen molar-refractivity contribution in [3.63, 3.8) is 0 Å². The maximum Gasteiger partial charge on any atom is 0.243 e. The van der Waals surface area contributed by atoms with Crippen LogP contribution in [0.1, 0.15) is 5.56 Å². The van der Waals surface area contributed by atoms with Gasteiger partial charge in [0.2, 0.25) is 5.91 Å². The van der Waals surface area contributed by atoms with Crippen molar-refractivity contribution >= 4 is 17.5 Å². The highest BCUT2D eigenvalue weighted by Gasteiger charge is 2.02. The van der Waals surface area contributed by atoms with Gasteiger partial charge in [0, 0.05) is 23.3 Å². The van der Waals surface area contributed by atoms with Gasteiger partial charge in [0.25, 0.3) is 0 Å². The summed E-state index contributed by atoms with van der Waals surface area (Å²) in [4.78, 5) is 11.0. The number of nitrogens with zero attached hydrogens (tertiary/aromatic N) is 2. The fraction of sp³-hybridized carbons (Fsp3) is 0.0769. The van der Waals surface area contributed by atoms with Gasteiger partial charge in [-0.05, 0) is 24.3 Å². The lowest BCUT2D eigenvalue weighted by atomic mass is 10.3. The zero-order valence-electron chi connectivity index (χ0n) is 9.64. The molecule has 0 saturated carbocycles. The molecule has 0 bridgehead atoms. The van der Waals surface area contributed by atoms with Crippen LogP contribution in [0.2, 0.25) is 5.02 Å². The van der Waals surface area contributed by atoms with Crippen LogP contribution in [0.5, 0.6) is 0 Å². The summed E-state index contributed by atoms with van der Waals surface area (Å²) in [7, 11) is 0. The maximum absolute atomic E-state index is 11.0. The third kappa shape index (κ3) is 2.99. The second-order valence-corrected chi connectivity index (χ2v) is 4.13. The first-order chi connectivity index (χ1) is 8.69. The highest BCUT2D eigenvalue weighted by Crippen LogP contribution is 2.14. The minimum atomic E-state index is -0.203. The molecular weight excluding hydrogens is 250 g/mol. The zero-order chi connectivity index (χ0) is 13.0. The summed E-state index contributed by atoms with van der Waals surface area (Å²) in [6, 6.07) is 7.39. The van der Waals surface area contributed by atoms with Crippen molar-refractivity contribution in [2.45, 2.75) is 6.54 Å². The Kier molecular flexibility index (Phi) is 3.79. The van der Waals surface area contributed by atoms with Gasteiger partial charge in [-0.3, -0.25) is 4.79 Å². The summed E-state index contributed by atoms with van der Waals surface area (Å²) in [6.45, 7) is 3.81. The van der Waals surface area contributed by atoms with Crippen LogP contribution < -0.4 is 5.32 Å². The lowest BCUT2D eigenvalue weighted by Crippen LogP contribution is -2.19. The molecule has 1 aromatic carbocycles. The predicted molar refractivity (Wildman–Crippen MR) is 70.6 cm³/mol. The molecular formula is C13H12ClN3O. The molecule has 0 aliphatic heterocycles. The van der Waals surface area contributed by atoms with Crippen LogP contribution in [-0.4, -0.2) is 15.7 Å². The molecule has 0 unspecified atom stereocenters. The first-order valence-corrected chi connectivity index (χ1v) is 5.76. The van der Waals surface area contributed by atoms with Gasteiger partial charge in [0.1, 0.15) is 0 Å². The molecule has 1 aromatic heterocycles. The Bertz CT molecular complexity index is 577. The largest absolute Gasteiger partial charge is 0.348 e. The summed E-state index contributed by atoms with van der Waals surface area (Å²) in [5, 5.41) is 7.56. The summed E-state index contributed by atoms with van der Waals surface area (Å²) >= 11 is 5.91. The van der Waals surface area contributed by atoms with Crippen LogP contribution in [0, 0.1) is 0 Å². The Balaban J connectivity index is 2.10. The molecule has 2 aromatic rings. The van der Waals surface area contributed by atoms with Crippen molar-refractivity contribution in [1.82, 2.24) is 15.1 Å². The van der Waals surface area contributed by atoms with E-state index in [9.17, 15) is 4.79 Å². The molecule has 5 heteroatoms. The summed E-state index contributed by atoms with van der Waals surface area (Å²) in [6.07, 6.45) is 4.78. The molecule has 0 aliphatic carbocycles. The van der Waals surface area contributed by atoms with E-state index in [-0.39, 0.29) is 5.91 Å². The topological polar surface area (TPSA) is 46.9 Å². The average molecular weight is 262 g/mol. The monoisotopic (exact) mass is 261 g/mol. The minimum Gasteiger partial charge on any atom is -0.348 e. The maximum atomic E-state index is 11.0. The van der Waals surface area contributed by atoms with Gasteiger partial charge in [-0.15, -0.1) is 0 Å². The van der Waals surface area contributed by atoms with E-state index in [1.807, 2.05) is 24.4 Å². The second kappa shape index (κ2) is 5.51. The van der Waals surface area contributed by atoms with Crippen LogP contribution in [0.4, 0.5) is 0 Å². The van der Waals surface area contributed by atoms with Gasteiger partial charge >= 0.3 is 0 Å². The van der Waals surface area contributed by atoms with E-state index in [0.717, 1.165) is 11.3 Å². The van der Waals surface area contributed by atoms with Crippen LogP contribution in [0.15, 0.2) is 49.3 Å². The van der Waals surface area contributed by atoms with Crippen molar-refractivity contribution in [2.24, 2.45) is 0 Å². The Morgan fingerprint density at radius 3 is 3.11 bits per heavy atom. The number of benzene rings is 1. The Hall–Kier alpha value is -2.07. The number of rotatable bonds is 4. The number of carbonyl (C=O) groups excluding carboxylic acids is 1. The zero-order valence-corrected chi connectivity index (χ0v) is 10.4. The Morgan fingerprint density at radius 1 is 1.56 bits per heavy atom. The van der Waals surface area contributed by atoms with Gasteiger partial charge in [0.05, 0.1) is 11.9 Å². The van der Waals surface area contributed by atoms with E-state index in [2.05, 4.69) is 17.0 Å². The van der Waals surface area contributed by atoms with Gasteiger partial charge in [-0.2, -0.15) is 5.10 Å². The quantitative estimate of drug-likeness (QED) is 0.859. The molecule has 0 saturated heterocycles. The molecule has 0 atom stereocenters. The summed E-state index contributed by atoms with van der Waals surface area (Å²) in [5.41, 5.74) is 1.79. The highest BCUT2D eigenvalue weighted by atomic mass is 35.5. The lowest BCUT2D eigenvalue weighted by molar-refractivity contribution is -0.116. The normalized spacial score (nSPS) is 10.1. The molecule has 0 spiro atoms. The number of amides is 1. The second-order valence-electron chi connectivity index (χ2n) is 3.69. The van der Waals surface area contributed by atoms with Crippen molar-refractivity contribution in [3.05, 3.63) is 59.9 Å². The SMILES string of the molecule is C=CC(=O)NCc1cnn(-c2cccc(Cl)c2)c1. The third-order valence-corrected chi connectivity index (χ3v) is 2.60. The Morgan fingerprint density at radius 2 is 2.39 bits per heavy atom. The molecule has 1 amide bonds. The molecule has 4 nitrogen and oxygen atoms in total. The van der Waals surface area contributed by atoms with Gasteiger partial charge in [-0.25, -0.2) is 4.68 Å². The lowest BCUT2D eigenvalue weighted by Gasteiger charge is -2.01.